The molecule has 0 saturated heterocycles. The highest BCUT2D eigenvalue weighted by atomic mass is 16.6. The fourth-order valence-corrected chi connectivity index (χ4v) is 2.98. The Hall–Kier alpha value is -3.61. The van der Waals surface area contributed by atoms with Crippen molar-refractivity contribution < 1.29 is 23.5 Å². The Morgan fingerprint density at radius 1 is 1.03 bits per heavy atom. The van der Waals surface area contributed by atoms with Crippen LogP contribution in [0.25, 0.3) is 11.1 Å². The number of carbonyl (C=O) groups excluding carboxylic acids is 2. The molecule has 7 heteroatoms. The average Bonchev–Trinajstić information content (AvgIpc) is 3.27. The van der Waals surface area contributed by atoms with Crippen LogP contribution in [0.2, 0.25) is 0 Å². The molecule has 0 atom stereocenters. The van der Waals surface area contributed by atoms with E-state index >= 15 is 0 Å². The Kier molecular flexibility index (Phi) is 7.43. The maximum absolute atomic E-state index is 12.9. The Morgan fingerprint density at radius 3 is 2.42 bits per heavy atom. The first-order chi connectivity index (χ1) is 15.0. The van der Waals surface area contributed by atoms with E-state index in [1.54, 1.807) is 6.92 Å². The summed E-state index contributed by atoms with van der Waals surface area (Å²) in [6.07, 6.45) is 0.795. The molecule has 0 fully saturated rings. The van der Waals surface area contributed by atoms with E-state index in [4.69, 9.17) is 13.9 Å². The minimum Gasteiger partial charge on any atom is -0.465 e. The number of oxazole rings is 1. The monoisotopic (exact) mass is 422 g/mol. The van der Waals surface area contributed by atoms with E-state index in [9.17, 15) is 9.59 Å². The molecule has 0 aliphatic carbocycles. The zero-order valence-electron chi connectivity index (χ0n) is 17.9. The second-order valence-electron chi connectivity index (χ2n) is 7.17. The normalized spacial score (nSPS) is 10.7. The predicted molar refractivity (Wildman–Crippen MR) is 117 cm³/mol. The van der Waals surface area contributed by atoms with Gasteiger partial charge in [-0.3, -0.25) is 4.79 Å². The summed E-state index contributed by atoms with van der Waals surface area (Å²) >= 11 is 0. The highest BCUT2D eigenvalue weighted by molar-refractivity contribution is 5.91. The summed E-state index contributed by atoms with van der Waals surface area (Å²) in [7, 11) is 0. The molecule has 0 N–H and O–H groups in total. The van der Waals surface area contributed by atoms with Crippen molar-refractivity contribution in [1.29, 1.82) is 0 Å². The minimum absolute atomic E-state index is 0.00176. The van der Waals surface area contributed by atoms with Gasteiger partial charge in [-0.1, -0.05) is 68.4 Å². The van der Waals surface area contributed by atoms with Crippen molar-refractivity contribution in [3.63, 3.8) is 0 Å². The summed E-state index contributed by atoms with van der Waals surface area (Å²) in [6.45, 7) is 5.46. The molecule has 1 amide bonds. The van der Waals surface area contributed by atoms with Crippen LogP contribution in [-0.2, 0) is 20.9 Å². The molecule has 2 aromatic carbocycles. The van der Waals surface area contributed by atoms with E-state index in [0.717, 1.165) is 21.6 Å². The quantitative estimate of drug-likeness (QED) is 0.466. The molecule has 7 nitrogen and oxygen atoms in total. The molecule has 0 bridgehead atoms. The van der Waals surface area contributed by atoms with Crippen molar-refractivity contribution in [2.75, 3.05) is 18.1 Å². The van der Waals surface area contributed by atoms with Gasteiger partial charge in [-0.2, -0.15) is 0 Å². The lowest BCUT2D eigenvalue weighted by molar-refractivity contribution is -0.141. The van der Waals surface area contributed by atoms with Gasteiger partial charge in [0.2, 0.25) is 0 Å². The zero-order valence-corrected chi connectivity index (χ0v) is 17.9. The molecule has 0 radical (unpaired) electrons. The fourth-order valence-electron chi connectivity index (χ4n) is 2.98. The number of rotatable bonds is 8. The number of hydrogen-bond acceptors (Lipinski definition) is 6. The number of amides is 1. The van der Waals surface area contributed by atoms with Gasteiger partial charge in [0.25, 0.3) is 0 Å². The third-order valence-corrected chi connectivity index (χ3v) is 4.58. The van der Waals surface area contributed by atoms with Gasteiger partial charge in [0.1, 0.15) is 18.9 Å². The number of ether oxygens (including phenoxy) is 2. The molecular formula is C24H26N2O5. The van der Waals surface area contributed by atoms with Gasteiger partial charge in [-0.15, -0.1) is 0 Å². The smallest absolute Gasteiger partial charge is 0.418 e. The van der Waals surface area contributed by atoms with Crippen LogP contribution in [0.3, 0.4) is 0 Å². The first kappa shape index (κ1) is 22.1. The van der Waals surface area contributed by atoms with E-state index in [1.807, 2.05) is 68.4 Å². The summed E-state index contributed by atoms with van der Waals surface area (Å²) in [4.78, 5) is 30.1. The minimum atomic E-state index is -0.743. The number of benzene rings is 2. The van der Waals surface area contributed by atoms with E-state index in [2.05, 4.69) is 4.98 Å². The highest BCUT2D eigenvalue weighted by Gasteiger charge is 2.26. The van der Waals surface area contributed by atoms with Crippen LogP contribution in [0.4, 0.5) is 10.8 Å². The van der Waals surface area contributed by atoms with Crippen LogP contribution in [0, 0.1) is 0 Å². The first-order valence-corrected chi connectivity index (χ1v) is 10.2. The second-order valence-corrected chi connectivity index (χ2v) is 7.17. The van der Waals surface area contributed by atoms with Crippen molar-refractivity contribution in [3.8, 4) is 11.1 Å². The number of aromatic nitrogens is 1. The molecule has 162 valence electrons. The molecule has 3 rings (SSSR count). The van der Waals surface area contributed by atoms with Gasteiger partial charge in [0.15, 0.2) is 0 Å². The third kappa shape index (κ3) is 5.72. The van der Waals surface area contributed by atoms with Crippen LogP contribution < -0.4 is 4.90 Å². The Morgan fingerprint density at radius 2 is 1.74 bits per heavy atom. The standard InChI is InChI=1S/C24H26N2O5/c1-4-29-22(27)15-26(23-25-14-21(31-23)17(2)3)24(28)30-16-19-12-8-9-13-20(19)18-10-6-5-7-11-18/h5-14,17H,4,15-16H2,1-3H3. The van der Waals surface area contributed by atoms with Gasteiger partial charge in [0.05, 0.1) is 12.8 Å². The van der Waals surface area contributed by atoms with E-state index in [1.165, 1.54) is 6.20 Å². The largest absolute Gasteiger partial charge is 0.465 e. The number of anilines is 1. The molecule has 0 aliphatic heterocycles. The summed E-state index contributed by atoms with van der Waals surface area (Å²) in [5, 5.41) is 0. The molecule has 0 aliphatic rings. The van der Waals surface area contributed by atoms with Crippen LogP contribution >= 0.6 is 0 Å². The summed E-state index contributed by atoms with van der Waals surface area (Å²) < 4.78 is 16.2. The second kappa shape index (κ2) is 10.4. The van der Waals surface area contributed by atoms with Crippen LogP contribution in [0.1, 0.15) is 38.0 Å². The fraction of sp³-hybridized carbons (Fsp3) is 0.292. The molecule has 0 spiro atoms. The maximum atomic E-state index is 12.9. The van der Waals surface area contributed by atoms with Crippen molar-refractivity contribution in [3.05, 3.63) is 72.1 Å². The predicted octanol–water partition coefficient (Wildman–Crippen LogP) is 5.17. The SMILES string of the molecule is CCOC(=O)CN(C(=O)OCc1ccccc1-c1ccccc1)c1ncc(C(C)C)o1. The Labute approximate surface area is 181 Å². The molecule has 0 unspecified atom stereocenters. The van der Waals surface area contributed by atoms with E-state index < -0.39 is 12.1 Å². The van der Waals surface area contributed by atoms with Crippen LogP contribution in [-0.4, -0.2) is 30.2 Å². The van der Waals surface area contributed by atoms with Crippen molar-refractivity contribution in [1.82, 2.24) is 4.98 Å². The summed E-state index contributed by atoms with van der Waals surface area (Å²) in [5.41, 5.74) is 2.83. The topological polar surface area (TPSA) is 81.9 Å². The number of nitrogens with zero attached hydrogens (tertiary/aromatic N) is 2. The van der Waals surface area contributed by atoms with Gasteiger partial charge < -0.3 is 13.9 Å². The molecule has 0 saturated carbocycles. The van der Waals surface area contributed by atoms with Crippen LogP contribution in [0.5, 0.6) is 0 Å². The lowest BCUT2D eigenvalue weighted by Crippen LogP contribution is -2.37. The lowest BCUT2D eigenvalue weighted by atomic mass is 10.0. The molecular weight excluding hydrogens is 396 g/mol. The molecule has 3 aromatic rings. The van der Waals surface area contributed by atoms with Gasteiger partial charge in [-0.25, -0.2) is 14.7 Å². The van der Waals surface area contributed by atoms with Crippen LogP contribution in [0.15, 0.2) is 65.2 Å². The van der Waals surface area contributed by atoms with Gasteiger partial charge in [-0.05, 0) is 23.6 Å². The molecule has 1 heterocycles. The summed E-state index contributed by atoms with van der Waals surface area (Å²) in [6, 6.07) is 17.5. The van der Waals surface area contributed by atoms with Gasteiger partial charge >= 0.3 is 18.1 Å². The highest BCUT2D eigenvalue weighted by Crippen LogP contribution is 2.25. The van der Waals surface area contributed by atoms with Gasteiger partial charge in [0, 0.05) is 5.92 Å². The summed E-state index contributed by atoms with van der Waals surface area (Å²) in [5.74, 6) is 0.110. The molecule has 1 aromatic heterocycles. The van der Waals surface area contributed by atoms with E-state index in [-0.39, 0.29) is 31.7 Å². The zero-order chi connectivity index (χ0) is 22.2. The Bertz CT molecular complexity index is 1010. The van der Waals surface area contributed by atoms with Crippen molar-refractivity contribution >= 4 is 18.1 Å². The number of hydrogen-bond donors (Lipinski definition) is 0. The lowest BCUT2D eigenvalue weighted by Gasteiger charge is -2.18. The molecule has 31 heavy (non-hydrogen) atoms. The maximum Gasteiger partial charge on any atom is 0.418 e. The average molecular weight is 422 g/mol. The first-order valence-electron chi connectivity index (χ1n) is 10.2. The number of esters is 1. The third-order valence-electron chi connectivity index (χ3n) is 4.58. The van der Waals surface area contributed by atoms with E-state index in [0.29, 0.717) is 5.76 Å². The van der Waals surface area contributed by atoms with Crippen molar-refractivity contribution in [2.24, 2.45) is 0 Å². The Balaban J connectivity index is 1.78. The van der Waals surface area contributed by atoms with Crippen molar-refractivity contribution in [2.45, 2.75) is 33.3 Å². The number of carbonyl (C=O) groups is 2.